The van der Waals surface area contributed by atoms with Crippen molar-refractivity contribution >= 4 is 28.1 Å². The molecule has 0 radical (unpaired) electrons. The first-order valence-corrected chi connectivity index (χ1v) is 7.52. The highest BCUT2D eigenvalue weighted by atomic mass is 16.4. The normalized spacial score (nSPS) is 16.0. The van der Waals surface area contributed by atoms with Crippen LogP contribution in [0, 0.1) is 0 Å². The van der Waals surface area contributed by atoms with E-state index in [0.29, 0.717) is 5.58 Å². The van der Waals surface area contributed by atoms with E-state index in [2.05, 4.69) is 37.1 Å². The molecule has 1 amide bonds. The van der Waals surface area contributed by atoms with Crippen LogP contribution in [-0.2, 0) is 0 Å². The van der Waals surface area contributed by atoms with E-state index >= 15 is 0 Å². The average Bonchev–Trinajstić information content (AvgIpc) is 2.49. The minimum absolute atomic E-state index is 0.0195. The molecule has 0 aliphatic carbocycles. The van der Waals surface area contributed by atoms with E-state index in [4.69, 9.17) is 4.42 Å². The minimum atomic E-state index is -0.623. The monoisotopic (exact) mass is 312 g/mol. The molecule has 3 rings (SSSR count). The van der Waals surface area contributed by atoms with E-state index < -0.39 is 11.5 Å². The quantitative estimate of drug-likeness (QED) is 0.823. The van der Waals surface area contributed by atoms with E-state index in [9.17, 15) is 9.59 Å². The van der Waals surface area contributed by atoms with Crippen molar-refractivity contribution in [3.63, 3.8) is 0 Å². The van der Waals surface area contributed by atoms with Crippen LogP contribution >= 0.6 is 0 Å². The fourth-order valence-electron chi connectivity index (χ4n) is 3.06. The molecule has 120 valence electrons. The molecule has 1 N–H and O–H groups in total. The summed E-state index contributed by atoms with van der Waals surface area (Å²) < 4.78 is 5.37. The maximum atomic E-state index is 12.0. The number of allylic oxidation sites excluding steroid dienone is 1. The second kappa shape index (κ2) is 4.98. The van der Waals surface area contributed by atoms with Gasteiger partial charge in [0, 0.05) is 36.8 Å². The van der Waals surface area contributed by atoms with Crippen molar-refractivity contribution < 1.29 is 9.21 Å². The zero-order valence-corrected chi connectivity index (χ0v) is 14.0. The molecule has 0 saturated heterocycles. The molecular formula is C18H20N2O3. The van der Waals surface area contributed by atoms with Crippen molar-refractivity contribution in [2.75, 3.05) is 19.0 Å². The lowest BCUT2D eigenvalue weighted by Gasteiger charge is -2.40. The number of anilines is 1. The van der Waals surface area contributed by atoms with Gasteiger partial charge in [-0.05, 0) is 38.5 Å². The van der Waals surface area contributed by atoms with Crippen molar-refractivity contribution in [3.8, 4) is 0 Å². The summed E-state index contributed by atoms with van der Waals surface area (Å²) in [7, 11) is 3.51. The van der Waals surface area contributed by atoms with E-state index in [1.54, 1.807) is 6.07 Å². The number of carbonyl (C=O) groups is 1. The second-order valence-electron chi connectivity index (χ2n) is 6.47. The maximum absolute atomic E-state index is 12.0. The summed E-state index contributed by atoms with van der Waals surface area (Å²) in [5.41, 5.74) is 3.02. The molecule has 1 aromatic carbocycles. The number of likely N-dealkylation sites (N-methyl/N-ethyl adjacent to an activating group) is 1. The van der Waals surface area contributed by atoms with Gasteiger partial charge in [0.25, 0.3) is 5.91 Å². The fraction of sp³-hybridized carbons (Fsp3) is 0.333. The van der Waals surface area contributed by atoms with Crippen molar-refractivity contribution in [3.05, 3.63) is 45.8 Å². The number of benzene rings is 1. The molecule has 0 spiro atoms. The van der Waals surface area contributed by atoms with Gasteiger partial charge in [-0.15, -0.1) is 0 Å². The number of nitrogens with zero attached hydrogens (tertiary/aromatic N) is 1. The smallest absolute Gasteiger partial charge is 0.349 e. The van der Waals surface area contributed by atoms with Crippen molar-refractivity contribution in [1.29, 1.82) is 0 Å². The van der Waals surface area contributed by atoms with Crippen LogP contribution in [0.15, 0.2) is 33.5 Å². The number of rotatable bonds is 1. The predicted octanol–water partition coefficient (Wildman–Crippen LogP) is 2.78. The zero-order chi connectivity index (χ0) is 16.9. The maximum Gasteiger partial charge on any atom is 0.349 e. The molecule has 0 bridgehead atoms. The highest BCUT2D eigenvalue weighted by Gasteiger charge is 2.29. The van der Waals surface area contributed by atoms with Crippen molar-refractivity contribution in [1.82, 2.24) is 5.32 Å². The van der Waals surface area contributed by atoms with Gasteiger partial charge in [0.15, 0.2) is 0 Å². The number of hydrogen-bond acceptors (Lipinski definition) is 4. The van der Waals surface area contributed by atoms with Gasteiger partial charge in [-0.3, -0.25) is 4.79 Å². The Morgan fingerprint density at radius 3 is 2.61 bits per heavy atom. The zero-order valence-electron chi connectivity index (χ0n) is 14.0. The van der Waals surface area contributed by atoms with Gasteiger partial charge in [0.05, 0.1) is 5.54 Å². The Balaban J connectivity index is 2.29. The lowest BCUT2D eigenvalue weighted by Crippen LogP contribution is -2.42. The molecule has 2 heterocycles. The van der Waals surface area contributed by atoms with Gasteiger partial charge in [-0.25, -0.2) is 4.79 Å². The fourth-order valence-corrected chi connectivity index (χ4v) is 3.06. The Bertz CT molecular complexity index is 906. The van der Waals surface area contributed by atoms with Crippen LogP contribution in [0.1, 0.15) is 36.7 Å². The minimum Gasteiger partial charge on any atom is -0.422 e. The molecule has 0 saturated carbocycles. The van der Waals surface area contributed by atoms with Crippen LogP contribution in [0.4, 0.5) is 5.69 Å². The Labute approximate surface area is 134 Å². The summed E-state index contributed by atoms with van der Waals surface area (Å²) in [6, 6.07) is 5.43. The lowest BCUT2D eigenvalue weighted by atomic mass is 9.88. The summed E-state index contributed by atoms with van der Waals surface area (Å²) >= 11 is 0. The number of carbonyl (C=O) groups excluding carboxylic acids is 1. The van der Waals surface area contributed by atoms with Crippen LogP contribution < -0.4 is 15.8 Å². The van der Waals surface area contributed by atoms with Gasteiger partial charge in [-0.2, -0.15) is 0 Å². The molecule has 0 fully saturated rings. The largest absolute Gasteiger partial charge is 0.422 e. The highest BCUT2D eigenvalue weighted by molar-refractivity contribution is 5.98. The van der Waals surface area contributed by atoms with Crippen LogP contribution in [0.5, 0.6) is 0 Å². The summed E-state index contributed by atoms with van der Waals surface area (Å²) in [4.78, 5) is 26.0. The third kappa shape index (κ3) is 2.32. The predicted molar refractivity (Wildman–Crippen MR) is 92.0 cm³/mol. The van der Waals surface area contributed by atoms with Crippen LogP contribution in [0.2, 0.25) is 0 Å². The Morgan fingerprint density at radius 1 is 1.26 bits per heavy atom. The second-order valence-corrected chi connectivity index (χ2v) is 6.47. The first-order chi connectivity index (χ1) is 10.7. The molecule has 0 atom stereocenters. The summed E-state index contributed by atoms with van der Waals surface area (Å²) in [5.74, 6) is -0.441. The van der Waals surface area contributed by atoms with Crippen LogP contribution in [0.3, 0.4) is 0 Å². The molecule has 1 aromatic heterocycles. The van der Waals surface area contributed by atoms with Crippen LogP contribution in [0.25, 0.3) is 16.5 Å². The van der Waals surface area contributed by atoms with E-state index in [1.807, 2.05) is 19.2 Å². The number of hydrogen-bond donors (Lipinski definition) is 1. The van der Waals surface area contributed by atoms with Gasteiger partial charge >= 0.3 is 5.63 Å². The summed E-state index contributed by atoms with van der Waals surface area (Å²) in [6.07, 6.45) is 2.21. The molecule has 1 aliphatic heterocycles. The van der Waals surface area contributed by atoms with Crippen molar-refractivity contribution in [2.45, 2.75) is 26.3 Å². The standard InChI is InChI=1S/C18H20N2O3/c1-10-9-18(2,3)20(5)14-8-15-11(6-12(10)14)7-13(16(21)19-4)17(22)23-15/h6-9H,1-5H3,(H,19,21). The third-order valence-electron chi connectivity index (χ3n) is 4.54. The molecule has 23 heavy (non-hydrogen) atoms. The Hall–Kier alpha value is -2.56. The van der Waals surface area contributed by atoms with Gasteiger partial charge < -0.3 is 14.6 Å². The number of nitrogens with one attached hydrogen (secondary N) is 1. The molecule has 2 aromatic rings. The summed E-state index contributed by atoms with van der Waals surface area (Å²) in [6.45, 7) is 6.33. The highest BCUT2D eigenvalue weighted by Crippen LogP contribution is 2.39. The molecule has 5 nitrogen and oxygen atoms in total. The third-order valence-corrected chi connectivity index (χ3v) is 4.54. The van der Waals surface area contributed by atoms with E-state index in [0.717, 1.165) is 22.2 Å². The van der Waals surface area contributed by atoms with E-state index in [-0.39, 0.29) is 11.1 Å². The van der Waals surface area contributed by atoms with Gasteiger partial charge in [0.2, 0.25) is 0 Å². The molecular weight excluding hydrogens is 292 g/mol. The Morgan fingerprint density at radius 2 is 1.96 bits per heavy atom. The number of amides is 1. The van der Waals surface area contributed by atoms with Crippen molar-refractivity contribution in [2.24, 2.45) is 0 Å². The van der Waals surface area contributed by atoms with Crippen LogP contribution in [-0.4, -0.2) is 25.5 Å². The Kier molecular flexibility index (Phi) is 3.32. The van der Waals surface area contributed by atoms with E-state index in [1.165, 1.54) is 7.05 Å². The molecule has 1 aliphatic rings. The first kappa shape index (κ1) is 15.3. The molecule has 5 heteroatoms. The van der Waals surface area contributed by atoms with Gasteiger partial charge in [-0.1, -0.05) is 6.08 Å². The summed E-state index contributed by atoms with van der Waals surface area (Å²) in [5, 5.41) is 3.20. The molecule has 0 unspecified atom stereocenters. The lowest BCUT2D eigenvalue weighted by molar-refractivity contribution is 0.0959. The number of fused-ring (bicyclic) bond motifs is 2. The first-order valence-electron chi connectivity index (χ1n) is 7.52. The SMILES string of the molecule is CNC(=O)c1cc2cc3c(cc2oc1=O)N(C)C(C)(C)C=C3C. The average molecular weight is 312 g/mol. The van der Waals surface area contributed by atoms with Gasteiger partial charge in [0.1, 0.15) is 11.1 Å². The topological polar surface area (TPSA) is 62.6 Å².